The van der Waals surface area contributed by atoms with Gasteiger partial charge in [-0.3, -0.25) is 9.59 Å². The van der Waals surface area contributed by atoms with Crippen molar-refractivity contribution in [3.63, 3.8) is 0 Å². The van der Waals surface area contributed by atoms with E-state index in [-0.39, 0.29) is 11.4 Å². The van der Waals surface area contributed by atoms with Crippen molar-refractivity contribution < 1.29 is 14.0 Å². The lowest BCUT2D eigenvalue weighted by molar-refractivity contribution is 0.101. The number of carbonyl (C=O) groups is 2. The Bertz CT molecular complexity index is 988. The summed E-state index contributed by atoms with van der Waals surface area (Å²) in [6.07, 6.45) is 0.778. The molecule has 0 saturated carbocycles. The number of pyridine rings is 1. The summed E-state index contributed by atoms with van der Waals surface area (Å²) in [7, 11) is 0. The maximum atomic E-state index is 13.2. The number of aromatic nitrogens is 1. The van der Waals surface area contributed by atoms with Crippen LogP contribution in [0.4, 0.5) is 15.8 Å². The van der Waals surface area contributed by atoms with Gasteiger partial charge in [-0.15, -0.1) is 0 Å². The number of anilines is 2. The summed E-state index contributed by atoms with van der Waals surface area (Å²) >= 11 is 0. The number of para-hydroxylation sites is 1. The largest absolute Gasteiger partial charge is 0.321 e. The molecule has 0 unspecified atom stereocenters. The first kappa shape index (κ1) is 18.3. The fourth-order valence-electron chi connectivity index (χ4n) is 2.59. The smallest absolute Gasteiger partial charge is 0.274 e. The Morgan fingerprint density at radius 3 is 2.26 bits per heavy atom. The van der Waals surface area contributed by atoms with Gasteiger partial charge in [0, 0.05) is 11.4 Å². The number of nitrogens with one attached hydrogen (secondary N) is 2. The van der Waals surface area contributed by atoms with E-state index in [9.17, 15) is 14.0 Å². The summed E-state index contributed by atoms with van der Waals surface area (Å²) in [4.78, 5) is 29.0. The number of hydrogen-bond donors (Lipinski definition) is 2. The second kappa shape index (κ2) is 8.23. The fourth-order valence-corrected chi connectivity index (χ4v) is 2.59. The zero-order valence-electron chi connectivity index (χ0n) is 14.7. The first-order valence-electron chi connectivity index (χ1n) is 8.50. The van der Waals surface area contributed by atoms with Crippen LogP contribution in [0.25, 0.3) is 0 Å². The van der Waals surface area contributed by atoms with Gasteiger partial charge in [-0.2, -0.15) is 0 Å². The standard InChI is InChI=1S/C21H18FN3O2/c1-2-14-7-3-4-10-17(14)25-21(27)19-12-6-11-18(24-19)20(26)23-16-9-5-8-15(22)13-16/h3-13H,2H2,1H3,(H,23,26)(H,25,27). The normalized spacial score (nSPS) is 10.3. The third kappa shape index (κ3) is 4.55. The van der Waals surface area contributed by atoms with Crippen molar-refractivity contribution in [3.8, 4) is 0 Å². The first-order chi connectivity index (χ1) is 13.1. The Morgan fingerprint density at radius 2 is 1.56 bits per heavy atom. The fraction of sp³-hybridized carbons (Fsp3) is 0.0952. The van der Waals surface area contributed by atoms with E-state index in [0.717, 1.165) is 12.0 Å². The van der Waals surface area contributed by atoms with Crippen molar-refractivity contribution in [2.45, 2.75) is 13.3 Å². The molecule has 0 radical (unpaired) electrons. The quantitative estimate of drug-likeness (QED) is 0.710. The molecular weight excluding hydrogens is 345 g/mol. The summed E-state index contributed by atoms with van der Waals surface area (Å²) in [6.45, 7) is 2.00. The monoisotopic (exact) mass is 363 g/mol. The van der Waals surface area contributed by atoms with Gasteiger partial charge in [0.25, 0.3) is 11.8 Å². The van der Waals surface area contributed by atoms with E-state index in [2.05, 4.69) is 15.6 Å². The van der Waals surface area contributed by atoms with Crippen LogP contribution in [0, 0.1) is 5.82 Å². The highest BCUT2D eigenvalue weighted by Gasteiger charge is 2.14. The van der Waals surface area contributed by atoms with Crippen LogP contribution in [0.2, 0.25) is 0 Å². The molecule has 27 heavy (non-hydrogen) atoms. The highest BCUT2D eigenvalue weighted by Crippen LogP contribution is 2.16. The van der Waals surface area contributed by atoms with Gasteiger partial charge < -0.3 is 10.6 Å². The number of halogens is 1. The minimum absolute atomic E-state index is 0.0655. The zero-order valence-corrected chi connectivity index (χ0v) is 14.7. The summed E-state index contributed by atoms with van der Waals surface area (Å²) < 4.78 is 13.2. The van der Waals surface area contributed by atoms with E-state index < -0.39 is 17.6 Å². The van der Waals surface area contributed by atoms with E-state index in [1.165, 1.54) is 30.3 Å². The SMILES string of the molecule is CCc1ccccc1NC(=O)c1cccc(C(=O)Nc2cccc(F)c2)n1. The van der Waals surface area contributed by atoms with Crippen LogP contribution in [0.1, 0.15) is 33.5 Å². The van der Waals surface area contributed by atoms with Crippen LogP contribution >= 0.6 is 0 Å². The Balaban J connectivity index is 1.76. The van der Waals surface area contributed by atoms with E-state index in [0.29, 0.717) is 11.4 Å². The van der Waals surface area contributed by atoms with E-state index in [1.54, 1.807) is 12.1 Å². The van der Waals surface area contributed by atoms with Crippen molar-refractivity contribution >= 4 is 23.2 Å². The molecule has 2 amide bonds. The predicted molar refractivity (Wildman–Crippen MR) is 102 cm³/mol. The molecule has 3 rings (SSSR count). The molecule has 1 heterocycles. The van der Waals surface area contributed by atoms with Gasteiger partial charge in [-0.25, -0.2) is 9.37 Å². The van der Waals surface area contributed by atoms with Crippen molar-refractivity contribution in [1.29, 1.82) is 0 Å². The average Bonchev–Trinajstić information content (AvgIpc) is 2.68. The molecule has 3 aromatic rings. The Hall–Kier alpha value is -3.54. The number of rotatable bonds is 5. The molecule has 0 bridgehead atoms. The predicted octanol–water partition coefficient (Wildman–Crippen LogP) is 4.29. The summed E-state index contributed by atoms with van der Waals surface area (Å²) in [5.74, 6) is -1.39. The molecule has 2 N–H and O–H groups in total. The molecule has 0 aliphatic carbocycles. The number of carbonyl (C=O) groups excluding carboxylic acids is 2. The highest BCUT2D eigenvalue weighted by atomic mass is 19.1. The molecule has 0 aliphatic rings. The van der Waals surface area contributed by atoms with Gasteiger partial charge in [0.2, 0.25) is 0 Å². The topological polar surface area (TPSA) is 71.1 Å². The zero-order chi connectivity index (χ0) is 19.2. The maximum Gasteiger partial charge on any atom is 0.274 e. The van der Waals surface area contributed by atoms with Crippen molar-refractivity contribution in [2.75, 3.05) is 10.6 Å². The van der Waals surface area contributed by atoms with Crippen molar-refractivity contribution in [2.24, 2.45) is 0 Å². The number of nitrogens with zero attached hydrogens (tertiary/aromatic N) is 1. The first-order valence-corrected chi connectivity index (χ1v) is 8.50. The van der Waals surface area contributed by atoms with Crippen molar-refractivity contribution in [1.82, 2.24) is 4.98 Å². The van der Waals surface area contributed by atoms with Gasteiger partial charge in [0.05, 0.1) is 0 Å². The molecule has 6 heteroatoms. The molecule has 0 fully saturated rings. The van der Waals surface area contributed by atoms with E-state index >= 15 is 0 Å². The van der Waals surface area contributed by atoms with Gasteiger partial charge in [-0.05, 0) is 48.4 Å². The van der Waals surface area contributed by atoms with Crippen LogP contribution in [-0.4, -0.2) is 16.8 Å². The molecule has 136 valence electrons. The summed E-state index contributed by atoms with van der Waals surface area (Å²) in [6, 6.07) is 17.6. The molecule has 0 spiro atoms. The van der Waals surface area contributed by atoms with Crippen molar-refractivity contribution in [3.05, 3.63) is 89.5 Å². The molecule has 1 aromatic heterocycles. The van der Waals surface area contributed by atoms with Crippen LogP contribution in [0.15, 0.2) is 66.7 Å². The second-order valence-corrected chi connectivity index (χ2v) is 5.84. The number of benzene rings is 2. The summed E-state index contributed by atoms with van der Waals surface area (Å²) in [5, 5.41) is 5.38. The lowest BCUT2D eigenvalue weighted by atomic mass is 10.1. The molecule has 0 saturated heterocycles. The van der Waals surface area contributed by atoms with Crippen LogP contribution in [0.3, 0.4) is 0 Å². The van der Waals surface area contributed by atoms with Gasteiger partial charge in [0.1, 0.15) is 17.2 Å². The van der Waals surface area contributed by atoms with E-state index in [4.69, 9.17) is 0 Å². The lowest BCUT2D eigenvalue weighted by Crippen LogP contribution is -2.19. The number of amides is 2. The number of aryl methyl sites for hydroxylation is 1. The van der Waals surface area contributed by atoms with Crippen LogP contribution in [-0.2, 0) is 6.42 Å². The molecular formula is C21H18FN3O2. The maximum absolute atomic E-state index is 13.2. The third-order valence-electron chi connectivity index (χ3n) is 3.94. The van der Waals surface area contributed by atoms with Gasteiger partial charge >= 0.3 is 0 Å². The highest BCUT2D eigenvalue weighted by molar-refractivity contribution is 6.06. The van der Waals surface area contributed by atoms with Crippen LogP contribution in [0.5, 0.6) is 0 Å². The lowest BCUT2D eigenvalue weighted by Gasteiger charge is -2.10. The van der Waals surface area contributed by atoms with Gasteiger partial charge in [-0.1, -0.05) is 37.3 Å². The molecule has 0 atom stereocenters. The minimum atomic E-state index is -0.524. The molecule has 2 aromatic carbocycles. The molecule has 5 nitrogen and oxygen atoms in total. The van der Waals surface area contributed by atoms with Crippen LogP contribution < -0.4 is 10.6 Å². The Kier molecular flexibility index (Phi) is 5.56. The minimum Gasteiger partial charge on any atom is -0.321 e. The Morgan fingerprint density at radius 1 is 0.889 bits per heavy atom. The average molecular weight is 363 g/mol. The molecule has 0 aliphatic heterocycles. The second-order valence-electron chi connectivity index (χ2n) is 5.84. The number of hydrogen-bond acceptors (Lipinski definition) is 3. The third-order valence-corrected chi connectivity index (χ3v) is 3.94. The Labute approximate surface area is 156 Å². The van der Waals surface area contributed by atoms with E-state index in [1.807, 2.05) is 31.2 Å². The summed E-state index contributed by atoms with van der Waals surface area (Å²) in [5.41, 5.74) is 2.21. The van der Waals surface area contributed by atoms with Gasteiger partial charge in [0.15, 0.2) is 0 Å².